The van der Waals surface area contributed by atoms with Crippen LogP contribution in [-0.4, -0.2) is 34.6 Å². The van der Waals surface area contributed by atoms with Crippen molar-refractivity contribution in [3.63, 3.8) is 0 Å². The van der Waals surface area contributed by atoms with Crippen LogP contribution in [0.25, 0.3) is 11.3 Å². The van der Waals surface area contributed by atoms with Crippen LogP contribution in [0.2, 0.25) is 0 Å². The number of halogens is 3. The second-order valence-electron chi connectivity index (χ2n) is 8.61. The number of urea groups is 1. The number of benzene rings is 2. The maximum Gasteiger partial charge on any atom is 0.416 e. The van der Waals surface area contributed by atoms with Crippen molar-refractivity contribution in [1.29, 1.82) is 0 Å². The van der Waals surface area contributed by atoms with Gasteiger partial charge in [-0.3, -0.25) is 10.1 Å². The van der Waals surface area contributed by atoms with Crippen molar-refractivity contribution in [3.05, 3.63) is 69.6 Å². The van der Waals surface area contributed by atoms with E-state index >= 15 is 0 Å². The van der Waals surface area contributed by atoms with E-state index in [0.717, 1.165) is 28.4 Å². The molecule has 0 atom stereocenters. The maximum atomic E-state index is 13.3. The Morgan fingerprint density at radius 2 is 1.83 bits per heavy atom. The minimum atomic E-state index is -4.59. The molecule has 0 aliphatic rings. The van der Waals surface area contributed by atoms with E-state index in [2.05, 4.69) is 15.6 Å². The molecule has 1 aromatic heterocycles. The first-order chi connectivity index (χ1) is 16.3. The maximum absolute atomic E-state index is 13.3. The minimum absolute atomic E-state index is 0.0129. The summed E-state index contributed by atoms with van der Waals surface area (Å²) in [6.45, 7) is 6.58. The highest BCUT2D eigenvalue weighted by Crippen LogP contribution is 2.36. The summed E-state index contributed by atoms with van der Waals surface area (Å²) >= 11 is 1.03. The number of hydrogen-bond donors (Lipinski definition) is 2. The highest BCUT2D eigenvalue weighted by atomic mass is 32.1. The number of aromatic nitrogens is 1. The summed E-state index contributed by atoms with van der Waals surface area (Å²) in [4.78, 5) is 29.1. The van der Waals surface area contributed by atoms with E-state index < -0.39 is 22.7 Å². The number of nitro benzene ring substituents is 1. The number of carbonyl (C=O) groups excluding carboxylic acids is 1. The van der Waals surface area contributed by atoms with Gasteiger partial charge in [0.2, 0.25) is 0 Å². The first-order valence-corrected chi connectivity index (χ1v) is 11.4. The fourth-order valence-electron chi connectivity index (χ4n) is 3.10. The molecular weight excluding hydrogens is 483 g/mol. The lowest BCUT2D eigenvalue weighted by Gasteiger charge is -2.23. The van der Waals surface area contributed by atoms with E-state index in [1.807, 2.05) is 20.8 Å². The van der Waals surface area contributed by atoms with Crippen LogP contribution in [-0.2, 0) is 6.18 Å². The monoisotopic (exact) mass is 507 g/mol. The van der Waals surface area contributed by atoms with Crippen molar-refractivity contribution >= 4 is 33.9 Å². The smallest absolute Gasteiger partial charge is 0.336 e. The second-order valence-corrected chi connectivity index (χ2v) is 9.45. The number of rotatable bonds is 7. The first-order valence-electron chi connectivity index (χ1n) is 10.6. The van der Waals surface area contributed by atoms with Crippen LogP contribution in [0, 0.1) is 10.1 Å². The lowest BCUT2D eigenvalue weighted by Crippen LogP contribution is -2.44. The summed E-state index contributed by atoms with van der Waals surface area (Å²) in [7, 11) is 0. The SMILES string of the molecule is CC(C)(C)NCCNC(=O)N(c1cccc(C(F)(F)F)c1)c1nc(-c2cccc([N+](=O)[O-])c2)cs1. The van der Waals surface area contributed by atoms with Crippen LogP contribution in [0.5, 0.6) is 0 Å². The van der Waals surface area contributed by atoms with Gasteiger partial charge in [-0.25, -0.2) is 14.7 Å². The van der Waals surface area contributed by atoms with Gasteiger partial charge in [-0.2, -0.15) is 13.2 Å². The third-order valence-corrected chi connectivity index (χ3v) is 5.55. The van der Waals surface area contributed by atoms with Crippen molar-refractivity contribution < 1.29 is 22.9 Å². The molecule has 0 radical (unpaired) electrons. The molecule has 0 aliphatic heterocycles. The zero-order chi connectivity index (χ0) is 25.8. The van der Waals surface area contributed by atoms with Gasteiger partial charge in [0.25, 0.3) is 5.69 Å². The highest BCUT2D eigenvalue weighted by Gasteiger charge is 2.32. The molecule has 0 saturated carbocycles. The molecule has 0 unspecified atom stereocenters. The molecule has 2 amide bonds. The Balaban J connectivity index is 1.94. The molecule has 3 aromatic rings. The topological polar surface area (TPSA) is 100 Å². The van der Waals surface area contributed by atoms with E-state index in [1.165, 1.54) is 30.3 Å². The largest absolute Gasteiger partial charge is 0.416 e. The van der Waals surface area contributed by atoms with E-state index in [0.29, 0.717) is 17.8 Å². The standard InChI is InChI=1S/C23H24F3N5O3S/c1-22(2,3)28-11-10-27-20(32)30(17-8-5-7-16(13-17)23(24,25)26)21-29-19(14-35-21)15-6-4-9-18(12-15)31(33)34/h4-9,12-14,28H,10-11H2,1-3H3,(H,27,32). The molecule has 1 heterocycles. The summed E-state index contributed by atoms with van der Waals surface area (Å²) < 4.78 is 40.0. The van der Waals surface area contributed by atoms with Crippen molar-refractivity contribution in [2.24, 2.45) is 0 Å². The summed E-state index contributed by atoms with van der Waals surface area (Å²) in [5.74, 6) is 0. The average Bonchev–Trinajstić information content (AvgIpc) is 3.26. The fraction of sp³-hybridized carbons (Fsp3) is 0.304. The van der Waals surface area contributed by atoms with Gasteiger partial charge in [-0.05, 0) is 39.0 Å². The van der Waals surface area contributed by atoms with E-state index in [1.54, 1.807) is 11.4 Å². The Bertz CT molecular complexity index is 1210. The van der Waals surface area contributed by atoms with Gasteiger partial charge in [-0.1, -0.05) is 18.2 Å². The number of amides is 2. The van der Waals surface area contributed by atoms with E-state index in [4.69, 9.17) is 0 Å². The number of anilines is 2. The van der Waals surface area contributed by atoms with Crippen LogP contribution >= 0.6 is 11.3 Å². The van der Waals surface area contributed by atoms with Crippen molar-refractivity contribution in [3.8, 4) is 11.3 Å². The third-order valence-electron chi connectivity index (χ3n) is 4.73. The van der Waals surface area contributed by atoms with Crippen molar-refractivity contribution in [2.45, 2.75) is 32.5 Å². The second kappa shape index (κ2) is 10.4. The number of carbonyl (C=O) groups is 1. The Morgan fingerprint density at radius 1 is 1.11 bits per heavy atom. The Kier molecular flexibility index (Phi) is 7.76. The normalized spacial score (nSPS) is 11.8. The van der Waals surface area contributed by atoms with Gasteiger partial charge >= 0.3 is 12.2 Å². The molecule has 2 N–H and O–H groups in total. The molecule has 0 bridgehead atoms. The van der Waals surface area contributed by atoms with Gasteiger partial charge in [0, 0.05) is 41.7 Å². The number of hydrogen-bond acceptors (Lipinski definition) is 6. The van der Waals surface area contributed by atoms with E-state index in [-0.39, 0.29) is 28.6 Å². The van der Waals surface area contributed by atoms with Crippen LogP contribution in [0.3, 0.4) is 0 Å². The van der Waals surface area contributed by atoms with Crippen LogP contribution < -0.4 is 15.5 Å². The molecule has 186 valence electrons. The van der Waals surface area contributed by atoms with E-state index in [9.17, 15) is 28.1 Å². The van der Waals surface area contributed by atoms with Crippen LogP contribution in [0.1, 0.15) is 26.3 Å². The molecular formula is C23H24F3N5O3S. The number of nitrogens with zero attached hydrogens (tertiary/aromatic N) is 3. The first kappa shape index (κ1) is 26.1. The lowest BCUT2D eigenvalue weighted by atomic mass is 10.1. The Labute approximate surface area is 203 Å². The summed E-state index contributed by atoms with van der Waals surface area (Å²) in [5.41, 5.74) is -0.420. The molecule has 0 aliphatic carbocycles. The molecule has 35 heavy (non-hydrogen) atoms. The number of alkyl halides is 3. The molecule has 2 aromatic carbocycles. The molecule has 3 rings (SSSR count). The van der Waals surface area contributed by atoms with Crippen LogP contribution in [0.4, 0.5) is 34.5 Å². The van der Waals surface area contributed by atoms with Gasteiger partial charge in [0.1, 0.15) is 0 Å². The molecule has 0 spiro atoms. The summed E-state index contributed by atoms with van der Waals surface area (Å²) in [6.07, 6.45) is -4.59. The van der Waals surface area contributed by atoms with Gasteiger partial charge in [-0.15, -0.1) is 11.3 Å². The number of nitrogens with one attached hydrogen (secondary N) is 2. The molecule has 0 saturated heterocycles. The number of thiazole rings is 1. The minimum Gasteiger partial charge on any atom is -0.336 e. The average molecular weight is 508 g/mol. The zero-order valence-corrected chi connectivity index (χ0v) is 20.0. The third kappa shape index (κ3) is 6.99. The van der Waals surface area contributed by atoms with Gasteiger partial charge in [0.15, 0.2) is 5.13 Å². The molecule has 0 fully saturated rings. The van der Waals surface area contributed by atoms with Crippen LogP contribution in [0.15, 0.2) is 53.9 Å². The zero-order valence-electron chi connectivity index (χ0n) is 19.2. The van der Waals surface area contributed by atoms with Gasteiger partial charge < -0.3 is 10.6 Å². The lowest BCUT2D eigenvalue weighted by molar-refractivity contribution is -0.384. The van der Waals surface area contributed by atoms with Crippen molar-refractivity contribution in [2.75, 3.05) is 18.0 Å². The predicted molar refractivity (Wildman–Crippen MR) is 129 cm³/mol. The molecule has 8 nitrogen and oxygen atoms in total. The number of non-ortho nitro benzene ring substituents is 1. The summed E-state index contributed by atoms with van der Waals surface area (Å²) in [5, 5.41) is 18.7. The Morgan fingerprint density at radius 3 is 2.49 bits per heavy atom. The quantitative estimate of drug-likeness (QED) is 0.233. The summed E-state index contributed by atoms with van der Waals surface area (Å²) in [6, 6.07) is 9.55. The predicted octanol–water partition coefficient (Wildman–Crippen LogP) is 5.97. The highest BCUT2D eigenvalue weighted by molar-refractivity contribution is 7.14. The molecule has 12 heteroatoms. The van der Waals surface area contributed by atoms with Crippen molar-refractivity contribution in [1.82, 2.24) is 15.6 Å². The Hall–Kier alpha value is -3.51. The number of nitro groups is 1. The fourth-order valence-corrected chi connectivity index (χ4v) is 3.95. The van der Waals surface area contributed by atoms with Gasteiger partial charge in [0.05, 0.1) is 21.9 Å².